The number of aliphatic hydroxyl groups is 1. The minimum Gasteiger partial charge on any atom is -0.488 e. The van der Waals surface area contributed by atoms with Crippen LogP contribution in [0.1, 0.15) is 26.0 Å². The van der Waals surface area contributed by atoms with Crippen molar-refractivity contribution in [3.63, 3.8) is 0 Å². The Balaban J connectivity index is 2.23. The van der Waals surface area contributed by atoms with Crippen molar-refractivity contribution >= 4 is 10.9 Å². The fourth-order valence-electron chi connectivity index (χ4n) is 2.27. The second-order valence-corrected chi connectivity index (χ2v) is 5.61. The number of rotatable bonds is 5. The molecule has 108 valence electrons. The van der Waals surface area contributed by atoms with Gasteiger partial charge in [0.2, 0.25) is 0 Å². The van der Waals surface area contributed by atoms with E-state index in [1.165, 1.54) is 0 Å². The summed E-state index contributed by atoms with van der Waals surface area (Å²) in [5.74, 6) is 0.742. The van der Waals surface area contributed by atoms with Crippen LogP contribution in [0.15, 0.2) is 30.3 Å². The second kappa shape index (κ2) is 5.77. The van der Waals surface area contributed by atoms with Crippen LogP contribution in [0.5, 0.6) is 5.75 Å². The van der Waals surface area contributed by atoms with Gasteiger partial charge in [-0.2, -0.15) is 0 Å². The number of nitrogens with two attached hydrogens (primary N) is 1. The van der Waals surface area contributed by atoms with E-state index in [2.05, 4.69) is 4.98 Å². The van der Waals surface area contributed by atoms with Crippen molar-refractivity contribution in [3.8, 4) is 5.75 Å². The predicted molar refractivity (Wildman–Crippen MR) is 80.9 cm³/mol. The first kappa shape index (κ1) is 14.8. The molecule has 2 rings (SSSR count). The maximum atomic E-state index is 10.0. The van der Waals surface area contributed by atoms with Gasteiger partial charge in [-0.15, -0.1) is 0 Å². The molecule has 1 heterocycles. The smallest absolute Gasteiger partial charge is 0.145 e. The van der Waals surface area contributed by atoms with E-state index in [4.69, 9.17) is 10.5 Å². The molecule has 1 aromatic carbocycles. The number of hydrogen-bond acceptors (Lipinski definition) is 4. The van der Waals surface area contributed by atoms with Crippen LogP contribution in [-0.2, 0) is 0 Å². The van der Waals surface area contributed by atoms with Crippen LogP contribution >= 0.6 is 0 Å². The Morgan fingerprint density at radius 2 is 2.10 bits per heavy atom. The Morgan fingerprint density at radius 3 is 2.80 bits per heavy atom. The highest BCUT2D eigenvalue weighted by atomic mass is 16.5. The minimum absolute atomic E-state index is 0.138. The molecule has 4 heteroatoms. The van der Waals surface area contributed by atoms with Crippen LogP contribution in [-0.4, -0.2) is 28.3 Å². The highest BCUT2D eigenvalue weighted by Gasteiger charge is 2.23. The zero-order valence-corrected chi connectivity index (χ0v) is 12.3. The van der Waals surface area contributed by atoms with Crippen molar-refractivity contribution in [2.75, 3.05) is 6.54 Å². The van der Waals surface area contributed by atoms with Gasteiger partial charge in [-0.05, 0) is 32.9 Å². The molecule has 2 aromatic rings. The lowest BCUT2D eigenvalue weighted by molar-refractivity contribution is 0.0240. The van der Waals surface area contributed by atoms with Crippen LogP contribution < -0.4 is 10.5 Å². The summed E-state index contributed by atoms with van der Waals surface area (Å²) < 4.78 is 5.94. The average Bonchev–Trinajstić information content (AvgIpc) is 2.39. The molecule has 0 aliphatic carbocycles. The standard InChI is InChI=1S/C16H22N2O2/c1-11-7-8-13-5-4-6-14(15(13)18-11)20-12(2)9-16(3,19)10-17/h4-8,12,19H,9-10,17H2,1-3H3. The lowest BCUT2D eigenvalue weighted by atomic mass is 9.99. The van der Waals surface area contributed by atoms with Gasteiger partial charge in [0.05, 0.1) is 11.7 Å². The van der Waals surface area contributed by atoms with E-state index in [0.717, 1.165) is 22.3 Å². The highest BCUT2D eigenvalue weighted by Crippen LogP contribution is 2.26. The van der Waals surface area contributed by atoms with Crippen LogP contribution in [0.3, 0.4) is 0 Å². The van der Waals surface area contributed by atoms with Gasteiger partial charge in [0.25, 0.3) is 0 Å². The van der Waals surface area contributed by atoms with Crippen LogP contribution in [0.4, 0.5) is 0 Å². The number of aryl methyl sites for hydroxylation is 1. The quantitative estimate of drug-likeness (QED) is 0.878. The molecule has 3 N–H and O–H groups in total. The summed E-state index contributed by atoms with van der Waals surface area (Å²) in [5, 5.41) is 11.1. The van der Waals surface area contributed by atoms with Gasteiger partial charge < -0.3 is 15.6 Å². The summed E-state index contributed by atoms with van der Waals surface area (Å²) in [5.41, 5.74) is 6.44. The van der Waals surface area contributed by atoms with E-state index >= 15 is 0 Å². The van der Waals surface area contributed by atoms with E-state index in [0.29, 0.717) is 6.42 Å². The van der Waals surface area contributed by atoms with Crippen molar-refractivity contribution < 1.29 is 9.84 Å². The third-order valence-electron chi connectivity index (χ3n) is 3.32. The molecule has 0 fully saturated rings. The van der Waals surface area contributed by atoms with E-state index in [-0.39, 0.29) is 12.6 Å². The summed E-state index contributed by atoms with van der Waals surface area (Å²) in [7, 11) is 0. The molecule has 0 saturated heterocycles. The number of ether oxygens (including phenoxy) is 1. The van der Waals surface area contributed by atoms with Gasteiger partial charge >= 0.3 is 0 Å². The van der Waals surface area contributed by atoms with Crippen LogP contribution in [0.2, 0.25) is 0 Å². The van der Waals surface area contributed by atoms with Crippen molar-refractivity contribution in [3.05, 3.63) is 36.0 Å². The summed E-state index contributed by atoms with van der Waals surface area (Å²) in [6.07, 6.45) is 0.340. The molecular weight excluding hydrogens is 252 g/mol. The van der Waals surface area contributed by atoms with Gasteiger partial charge in [-0.25, -0.2) is 4.98 Å². The van der Waals surface area contributed by atoms with Gasteiger partial charge in [0.15, 0.2) is 0 Å². The van der Waals surface area contributed by atoms with Crippen molar-refractivity contribution in [2.45, 2.75) is 38.9 Å². The third kappa shape index (κ3) is 3.46. The maximum Gasteiger partial charge on any atom is 0.145 e. The van der Waals surface area contributed by atoms with E-state index in [1.807, 2.05) is 44.2 Å². The Bertz CT molecular complexity index is 596. The van der Waals surface area contributed by atoms with E-state index in [9.17, 15) is 5.11 Å². The summed E-state index contributed by atoms with van der Waals surface area (Å²) in [6, 6.07) is 9.88. The molecule has 0 spiro atoms. The Labute approximate surface area is 119 Å². The van der Waals surface area contributed by atoms with Crippen molar-refractivity contribution in [1.82, 2.24) is 4.98 Å². The van der Waals surface area contributed by atoms with E-state index < -0.39 is 5.60 Å². The number of nitrogens with zero attached hydrogens (tertiary/aromatic N) is 1. The summed E-state index contributed by atoms with van der Waals surface area (Å²) in [4.78, 5) is 4.53. The molecule has 0 saturated carbocycles. The monoisotopic (exact) mass is 274 g/mol. The Hall–Kier alpha value is -1.65. The number of aromatic nitrogens is 1. The largest absolute Gasteiger partial charge is 0.488 e. The van der Waals surface area contributed by atoms with E-state index in [1.54, 1.807) is 6.92 Å². The lowest BCUT2D eigenvalue weighted by Gasteiger charge is -2.25. The fourth-order valence-corrected chi connectivity index (χ4v) is 2.27. The fraction of sp³-hybridized carbons (Fsp3) is 0.438. The maximum absolute atomic E-state index is 10.0. The van der Waals surface area contributed by atoms with Crippen LogP contribution in [0.25, 0.3) is 10.9 Å². The number of pyridine rings is 1. The zero-order chi connectivity index (χ0) is 14.8. The Kier molecular flexibility index (Phi) is 4.26. The molecule has 0 bridgehead atoms. The van der Waals surface area contributed by atoms with Crippen LogP contribution in [0, 0.1) is 6.92 Å². The Morgan fingerprint density at radius 1 is 1.35 bits per heavy atom. The van der Waals surface area contributed by atoms with Gasteiger partial charge in [-0.3, -0.25) is 0 Å². The number of fused-ring (bicyclic) bond motifs is 1. The molecule has 0 amide bonds. The molecule has 0 aliphatic heterocycles. The first-order valence-electron chi connectivity index (χ1n) is 6.87. The van der Waals surface area contributed by atoms with Gasteiger partial charge in [0.1, 0.15) is 11.3 Å². The molecule has 2 unspecified atom stereocenters. The first-order chi connectivity index (χ1) is 9.41. The minimum atomic E-state index is -0.909. The highest BCUT2D eigenvalue weighted by molar-refractivity contribution is 5.84. The summed E-state index contributed by atoms with van der Waals surface area (Å²) >= 11 is 0. The second-order valence-electron chi connectivity index (χ2n) is 5.61. The summed E-state index contributed by atoms with van der Waals surface area (Å²) in [6.45, 7) is 5.82. The van der Waals surface area contributed by atoms with Gasteiger partial charge in [-0.1, -0.05) is 18.2 Å². The SMILES string of the molecule is Cc1ccc2cccc(OC(C)CC(C)(O)CN)c2n1. The molecule has 0 aliphatic rings. The molecular formula is C16H22N2O2. The topological polar surface area (TPSA) is 68.4 Å². The normalized spacial score (nSPS) is 15.8. The molecule has 1 aromatic heterocycles. The molecule has 20 heavy (non-hydrogen) atoms. The van der Waals surface area contributed by atoms with Crippen molar-refractivity contribution in [2.24, 2.45) is 5.73 Å². The molecule has 4 nitrogen and oxygen atoms in total. The zero-order valence-electron chi connectivity index (χ0n) is 12.3. The third-order valence-corrected chi connectivity index (χ3v) is 3.32. The molecule has 0 radical (unpaired) electrons. The van der Waals surface area contributed by atoms with Gasteiger partial charge in [0, 0.05) is 24.0 Å². The van der Waals surface area contributed by atoms with Crippen molar-refractivity contribution in [1.29, 1.82) is 0 Å². The first-order valence-corrected chi connectivity index (χ1v) is 6.87. The number of para-hydroxylation sites is 1. The lowest BCUT2D eigenvalue weighted by Crippen LogP contribution is -2.38. The number of benzene rings is 1. The average molecular weight is 274 g/mol. The number of hydrogen-bond donors (Lipinski definition) is 2. The molecule has 2 atom stereocenters. The predicted octanol–water partition coefficient (Wildman–Crippen LogP) is 2.41.